The van der Waals surface area contributed by atoms with Crippen LogP contribution in [0.15, 0.2) is 40.9 Å². The molecule has 136 valence electrons. The van der Waals surface area contributed by atoms with Gasteiger partial charge in [-0.1, -0.05) is 19.9 Å². The summed E-state index contributed by atoms with van der Waals surface area (Å²) >= 11 is 0. The topological polar surface area (TPSA) is 29.5 Å². The Kier molecular flexibility index (Phi) is 3.87. The molecule has 0 radical (unpaired) electrons. The summed E-state index contributed by atoms with van der Waals surface area (Å²) in [6.07, 6.45) is 14.0. The average molecular weight is 341 g/mol. The second-order valence-corrected chi connectivity index (χ2v) is 9.05. The van der Waals surface area contributed by atoms with E-state index >= 15 is 0 Å². The minimum absolute atomic E-state index is 0.133. The van der Waals surface area contributed by atoms with E-state index in [1.807, 2.05) is 0 Å². The molecule has 0 unspecified atom stereocenters. The molecule has 5 atom stereocenters. The lowest BCUT2D eigenvalue weighted by molar-refractivity contribution is -0.172. The van der Waals surface area contributed by atoms with Gasteiger partial charge in [-0.2, -0.15) is 0 Å². The molecule has 25 heavy (non-hydrogen) atoms. The molecule has 4 aliphatic rings. The van der Waals surface area contributed by atoms with Crippen LogP contribution in [0.3, 0.4) is 0 Å². The van der Waals surface area contributed by atoms with Crippen molar-refractivity contribution in [3.05, 3.63) is 40.9 Å². The van der Waals surface area contributed by atoms with Crippen molar-refractivity contribution in [3.8, 4) is 0 Å². The Bertz CT molecular complexity index is 708. The largest absolute Gasteiger partial charge is 0.501 e. The van der Waals surface area contributed by atoms with Gasteiger partial charge in [0.1, 0.15) is 0 Å². The molecule has 0 aromatic carbocycles. The average Bonchev–Trinajstić information content (AvgIpc) is 2.92. The molecule has 0 aromatic rings. The van der Waals surface area contributed by atoms with E-state index in [4.69, 9.17) is 4.74 Å². The molecule has 0 bridgehead atoms. The van der Waals surface area contributed by atoms with Gasteiger partial charge in [0.2, 0.25) is 0 Å². The first kappa shape index (κ1) is 17.2. The van der Waals surface area contributed by atoms with Gasteiger partial charge in [0.25, 0.3) is 0 Å². The minimum atomic E-state index is -0.581. The van der Waals surface area contributed by atoms with E-state index in [0.717, 1.165) is 44.3 Å². The standard InChI is InChI=1S/C23H32O2/c1-5-6-16-7-9-19-20-10-8-17-15-18(25-4)11-12-22(17,3)23(20,24)14-13-21(16,19)2/h5,8,15,19-20,24H,7,9-14H2,1-4H3/t6?,19-,20-,21+,22-,23+/m0/s1. The fraction of sp³-hybridized carbons (Fsp3) is 0.696. The quantitative estimate of drug-likeness (QED) is 0.656. The Hall–Kier alpha value is -1.24. The number of hydrogen-bond donors (Lipinski definition) is 1. The van der Waals surface area contributed by atoms with Crippen LogP contribution in [0.4, 0.5) is 0 Å². The second-order valence-electron chi connectivity index (χ2n) is 9.05. The molecule has 0 saturated heterocycles. The lowest BCUT2D eigenvalue weighted by Gasteiger charge is -2.61. The summed E-state index contributed by atoms with van der Waals surface area (Å²) in [4.78, 5) is 0. The van der Waals surface area contributed by atoms with Gasteiger partial charge in [0, 0.05) is 11.8 Å². The summed E-state index contributed by atoms with van der Waals surface area (Å²) in [6.45, 7) is 6.80. The van der Waals surface area contributed by atoms with Crippen LogP contribution in [0.2, 0.25) is 0 Å². The number of rotatable bonds is 1. The Balaban J connectivity index is 1.77. The van der Waals surface area contributed by atoms with Gasteiger partial charge in [0.15, 0.2) is 0 Å². The summed E-state index contributed by atoms with van der Waals surface area (Å²) in [5.74, 6) is 2.01. The van der Waals surface area contributed by atoms with Crippen LogP contribution < -0.4 is 0 Å². The predicted octanol–water partition coefficient (Wildman–Crippen LogP) is 5.31. The first-order chi connectivity index (χ1) is 11.9. The van der Waals surface area contributed by atoms with Crippen molar-refractivity contribution in [2.24, 2.45) is 22.7 Å². The van der Waals surface area contributed by atoms with E-state index in [9.17, 15) is 5.11 Å². The monoisotopic (exact) mass is 340 g/mol. The zero-order chi connectivity index (χ0) is 17.9. The first-order valence-electron chi connectivity index (χ1n) is 9.97. The maximum absolute atomic E-state index is 12.0. The lowest BCUT2D eigenvalue weighted by atomic mass is 9.46. The van der Waals surface area contributed by atoms with Crippen molar-refractivity contribution in [2.75, 3.05) is 7.11 Å². The number of ether oxygens (including phenoxy) is 1. The Morgan fingerprint density at radius 2 is 2.00 bits per heavy atom. The van der Waals surface area contributed by atoms with Crippen molar-refractivity contribution >= 4 is 0 Å². The van der Waals surface area contributed by atoms with Gasteiger partial charge in [-0.3, -0.25) is 0 Å². The second kappa shape index (κ2) is 5.63. The number of allylic oxidation sites excluding steroid dienone is 4. The van der Waals surface area contributed by atoms with Crippen LogP contribution in [0.1, 0.15) is 65.7 Å². The van der Waals surface area contributed by atoms with Gasteiger partial charge in [-0.05, 0) is 86.0 Å². The van der Waals surface area contributed by atoms with Gasteiger partial charge >= 0.3 is 0 Å². The lowest BCUT2D eigenvalue weighted by Crippen LogP contribution is -2.61. The third kappa shape index (κ3) is 2.14. The Morgan fingerprint density at radius 1 is 1.20 bits per heavy atom. The SMILES string of the molecule is CC=C=C1CC[C@H]2[C@@H]3CC=C4C=C(OC)CC[C@]4(C)[C@@]3(O)CC[C@]12C. The van der Waals surface area contributed by atoms with E-state index in [2.05, 4.69) is 44.7 Å². The minimum Gasteiger partial charge on any atom is -0.501 e. The fourth-order valence-corrected chi connectivity index (χ4v) is 6.62. The van der Waals surface area contributed by atoms with Crippen LogP contribution in [-0.4, -0.2) is 17.8 Å². The molecular weight excluding hydrogens is 308 g/mol. The van der Waals surface area contributed by atoms with Crippen molar-refractivity contribution < 1.29 is 9.84 Å². The first-order valence-corrected chi connectivity index (χ1v) is 9.97. The van der Waals surface area contributed by atoms with Crippen LogP contribution in [-0.2, 0) is 4.74 Å². The normalized spacial score (nSPS) is 45.4. The highest BCUT2D eigenvalue weighted by Gasteiger charge is 2.64. The van der Waals surface area contributed by atoms with Gasteiger partial charge in [-0.15, -0.1) is 5.73 Å². The van der Waals surface area contributed by atoms with E-state index in [-0.39, 0.29) is 10.8 Å². The van der Waals surface area contributed by atoms with Gasteiger partial charge in [0.05, 0.1) is 18.5 Å². The maximum atomic E-state index is 12.0. The fourth-order valence-electron chi connectivity index (χ4n) is 6.62. The molecule has 0 spiro atoms. The van der Waals surface area contributed by atoms with Gasteiger partial charge < -0.3 is 9.84 Å². The van der Waals surface area contributed by atoms with Crippen LogP contribution in [0, 0.1) is 22.7 Å². The molecule has 2 fully saturated rings. The Morgan fingerprint density at radius 3 is 2.72 bits per heavy atom. The molecule has 2 heteroatoms. The third-order valence-corrected chi connectivity index (χ3v) is 8.29. The van der Waals surface area contributed by atoms with E-state index in [1.165, 1.54) is 17.6 Å². The van der Waals surface area contributed by atoms with E-state index in [1.54, 1.807) is 7.11 Å². The molecule has 4 rings (SSSR count). The molecule has 4 aliphatic carbocycles. The maximum Gasteiger partial charge on any atom is 0.0958 e. The highest BCUT2D eigenvalue weighted by atomic mass is 16.5. The third-order valence-electron chi connectivity index (χ3n) is 8.29. The highest BCUT2D eigenvalue weighted by Crippen LogP contribution is 2.67. The van der Waals surface area contributed by atoms with Crippen molar-refractivity contribution in [1.82, 2.24) is 0 Å². The Labute approximate surface area is 152 Å². The molecular formula is C23H32O2. The molecule has 2 nitrogen and oxygen atoms in total. The summed E-state index contributed by atoms with van der Waals surface area (Å²) < 4.78 is 5.50. The van der Waals surface area contributed by atoms with Crippen molar-refractivity contribution in [1.29, 1.82) is 0 Å². The smallest absolute Gasteiger partial charge is 0.0958 e. The summed E-state index contributed by atoms with van der Waals surface area (Å²) in [7, 11) is 1.76. The molecule has 1 N–H and O–H groups in total. The van der Waals surface area contributed by atoms with Crippen LogP contribution in [0.25, 0.3) is 0 Å². The highest BCUT2D eigenvalue weighted by molar-refractivity contribution is 5.40. The number of methoxy groups -OCH3 is 1. The summed E-state index contributed by atoms with van der Waals surface area (Å²) in [5.41, 5.74) is 5.85. The molecule has 0 aromatic heterocycles. The van der Waals surface area contributed by atoms with Crippen LogP contribution >= 0.6 is 0 Å². The number of aliphatic hydroxyl groups is 1. The summed E-state index contributed by atoms with van der Waals surface area (Å²) in [5, 5.41) is 12.0. The number of fused-ring (bicyclic) bond motifs is 5. The van der Waals surface area contributed by atoms with Crippen molar-refractivity contribution in [3.63, 3.8) is 0 Å². The predicted molar refractivity (Wildman–Crippen MR) is 101 cm³/mol. The zero-order valence-electron chi connectivity index (χ0n) is 16.2. The number of hydrogen-bond acceptors (Lipinski definition) is 2. The molecule has 0 heterocycles. The van der Waals surface area contributed by atoms with Crippen LogP contribution in [0.5, 0.6) is 0 Å². The molecule has 0 amide bonds. The summed E-state index contributed by atoms with van der Waals surface area (Å²) in [6, 6.07) is 0. The zero-order valence-corrected chi connectivity index (χ0v) is 16.2. The van der Waals surface area contributed by atoms with Gasteiger partial charge in [-0.25, -0.2) is 0 Å². The van der Waals surface area contributed by atoms with E-state index in [0.29, 0.717) is 11.8 Å². The molecule has 0 aliphatic heterocycles. The molecule has 2 saturated carbocycles. The van der Waals surface area contributed by atoms with Crippen molar-refractivity contribution in [2.45, 2.75) is 71.3 Å². The van der Waals surface area contributed by atoms with E-state index < -0.39 is 5.60 Å².